The fraction of sp³-hybridized carbons (Fsp3) is 0.562. The number of nitrogens with one attached hydrogen (secondary N) is 1. The highest BCUT2D eigenvalue weighted by molar-refractivity contribution is 7.89. The first-order valence-electron chi connectivity index (χ1n) is 7.99. The minimum Gasteiger partial charge on any atom is -0.326 e. The fourth-order valence-electron chi connectivity index (χ4n) is 2.93. The summed E-state index contributed by atoms with van der Waals surface area (Å²) < 4.78 is 22.4. The normalized spacial score (nSPS) is 16.5. The van der Waals surface area contributed by atoms with Gasteiger partial charge in [0.1, 0.15) is 0 Å². The van der Waals surface area contributed by atoms with Crippen molar-refractivity contribution in [2.75, 3.05) is 18.9 Å². The maximum atomic E-state index is 12.0. The summed E-state index contributed by atoms with van der Waals surface area (Å²) in [7, 11) is -1.63. The number of sulfonamides is 1. The summed E-state index contributed by atoms with van der Waals surface area (Å²) in [4.78, 5) is 14.3. The maximum absolute atomic E-state index is 12.0. The van der Waals surface area contributed by atoms with Crippen LogP contribution in [-0.4, -0.2) is 38.9 Å². The Morgan fingerprint density at radius 1 is 1.22 bits per heavy atom. The van der Waals surface area contributed by atoms with E-state index < -0.39 is 10.0 Å². The van der Waals surface area contributed by atoms with Crippen LogP contribution in [0.2, 0.25) is 0 Å². The molecule has 1 aliphatic rings. The van der Waals surface area contributed by atoms with Gasteiger partial charge in [0.25, 0.3) is 0 Å². The molecule has 0 aliphatic heterocycles. The largest absolute Gasteiger partial charge is 0.326 e. The first-order chi connectivity index (χ1) is 10.9. The molecule has 0 saturated heterocycles. The van der Waals surface area contributed by atoms with Gasteiger partial charge in [0.05, 0.1) is 4.90 Å². The second-order valence-corrected chi connectivity index (χ2v) is 7.70. The predicted molar refractivity (Wildman–Crippen MR) is 90.6 cm³/mol. The minimum absolute atomic E-state index is 0.0348. The van der Waals surface area contributed by atoms with Gasteiger partial charge in [-0.25, -0.2) is 13.6 Å². The topological polar surface area (TPSA) is 92.5 Å². The maximum Gasteiger partial charge on any atom is 0.238 e. The van der Waals surface area contributed by atoms with Crippen molar-refractivity contribution in [1.82, 2.24) is 4.90 Å². The van der Waals surface area contributed by atoms with Crippen molar-refractivity contribution in [2.24, 2.45) is 5.14 Å². The van der Waals surface area contributed by atoms with E-state index in [0.29, 0.717) is 18.2 Å². The van der Waals surface area contributed by atoms with Crippen molar-refractivity contribution < 1.29 is 13.2 Å². The summed E-state index contributed by atoms with van der Waals surface area (Å²) in [6, 6.07) is 6.45. The molecule has 1 aromatic rings. The molecule has 3 N–H and O–H groups in total. The lowest BCUT2D eigenvalue weighted by Gasteiger charge is -2.30. The van der Waals surface area contributed by atoms with Gasteiger partial charge >= 0.3 is 0 Å². The zero-order valence-corrected chi connectivity index (χ0v) is 14.3. The lowest BCUT2D eigenvalue weighted by Crippen LogP contribution is -2.35. The molecule has 0 heterocycles. The summed E-state index contributed by atoms with van der Waals surface area (Å²) >= 11 is 0. The Hall–Kier alpha value is -1.44. The van der Waals surface area contributed by atoms with E-state index in [-0.39, 0.29) is 10.8 Å². The molecule has 0 unspecified atom stereocenters. The fourth-order valence-corrected chi connectivity index (χ4v) is 3.45. The molecule has 0 radical (unpaired) electrons. The van der Waals surface area contributed by atoms with Crippen molar-refractivity contribution in [3.05, 3.63) is 24.3 Å². The van der Waals surface area contributed by atoms with Crippen LogP contribution in [0.15, 0.2) is 29.2 Å². The molecule has 2 rings (SSSR count). The number of rotatable bonds is 6. The number of nitrogens with zero attached hydrogens (tertiary/aromatic N) is 1. The van der Waals surface area contributed by atoms with Crippen LogP contribution in [0.3, 0.4) is 0 Å². The molecule has 6 nitrogen and oxygen atoms in total. The molecule has 0 spiro atoms. The Labute approximate surface area is 138 Å². The van der Waals surface area contributed by atoms with Crippen LogP contribution < -0.4 is 10.5 Å². The molecule has 0 atom stereocenters. The molecule has 1 fully saturated rings. The Morgan fingerprint density at radius 2 is 1.83 bits per heavy atom. The molecule has 1 saturated carbocycles. The number of benzene rings is 1. The van der Waals surface area contributed by atoms with E-state index in [0.717, 1.165) is 6.54 Å². The van der Waals surface area contributed by atoms with Gasteiger partial charge in [0, 0.05) is 24.7 Å². The van der Waals surface area contributed by atoms with Gasteiger partial charge in [-0.1, -0.05) is 19.3 Å². The highest BCUT2D eigenvalue weighted by Gasteiger charge is 2.18. The molecule has 128 valence electrons. The second-order valence-electron chi connectivity index (χ2n) is 6.14. The summed E-state index contributed by atoms with van der Waals surface area (Å²) in [6.45, 7) is 0.728. The van der Waals surface area contributed by atoms with E-state index >= 15 is 0 Å². The second kappa shape index (κ2) is 7.90. The monoisotopic (exact) mass is 339 g/mol. The van der Waals surface area contributed by atoms with Crippen molar-refractivity contribution in [2.45, 2.75) is 49.5 Å². The third-order valence-corrected chi connectivity index (χ3v) is 5.29. The van der Waals surface area contributed by atoms with Crippen molar-refractivity contribution in [1.29, 1.82) is 0 Å². The number of carbonyl (C=O) groups is 1. The quantitative estimate of drug-likeness (QED) is 0.828. The molecule has 1 aliphatic carbocycles. The minimum atomic E-state index is -3.70. The Balaban J connectivity index is 1.80. The number of primary sulfonamides is 1. The number of carbonyl (C=O) groups excluding carboxylic acids is 1. The molecule has 7 heteroatoms. The number of nitrogens with two attached hydrogens (primary N) is 1. The van der Waals surface area contributed by atoms with Gasteiger partial charge in [-0.15, -0.1) is 0 Å². The highest BCUT2D eigenvalue weighted by Crippen LogP contribution is 2.21. The van der Waals surface area contributed by atoms with Gasteiger partial charge in [0.15, 0.2) is 0 Å². The summed E-state index contributed by atoms with van der Waals surface area (Å²) in [6.07, 6.45) is 6.72. The van der Waals surface area contributed by atoms with E-state index in [2.05, 4.69) is 17.3 Å². The highest BCUT2D eigenvalue weighted by atomic mass is 32.2. The van der Waals surface area contributed by atoms with Gasteiger partial charge in [-0.05, 0) is 44.2 Å². The van der Waals surface area contributed by atoms with E-state index in [4.69, 9.17) is 5.14 Å². The third kappa shape index (κ3) is 5.60. The molecule has 1 aromatic carbocycles. The SMILES string of the molecule is CN(CCC(=O)Nc1ccc(S(N)(=O)=O)cc1)C1CCCCC1. The number of hydrogen-bond donors (Lipinski definition) is 2. The van der Waals surface area contributed by atoms with Crippen LogP contribution in [0.25, 0.3) is 0 Å². The predicted octanol–water partition coefficient (Wildman–Crippen LogP) is 1.93. The summed E-state index contributed by atoms with van der Waals surface area (Å²) in [5, 5.41) is 7.82. The summed E-state index contributed by atoms with van der Waals surface area (Å²) in [5.41, 5.74) is 0.572. The Kier molecular flexibility index (Phi) is 6.15. The average molecular weight is 339 g/mol. The number of amides is 1. The third-order valence-electron chi connectivity index (χ3n) is 4.36. The van der Waals surface area contributed by atoms with E-state index in [1.54, 1.807) is 12.1 Å². The van der Waals surface area contributed by atoms with Crippen LogP contribution in [0, 0.1) is 0 Å². The molecular weight excluding hydrogens is 314 g/mol. The van der Waals surface area contributed by atoms with Crippen LogP contribution in [-0.2, 0) is 14.8 Å². The summed E-state index contributed by atoms with van der Waals surface area (Å²) in [5.74, 6) is -0.0731. The van der Waals surface area contributed by atoms with Crippen LogP contribution in [0.4, 0.5) is 5.69 Å². The lowest BCUT2D eigenvalue weighted by molar-refractivity contribution is -0.116. The first kappa shape index (κ1) is 17.9. The van der Waals surface area contributed by atoms with Crippen LogP contribution >= 0.6 is 0 Å². The molecule has 23 heavy (non-hydrogen) atoms. The molecule has 0 bridgehead atoms. The molecule has 1 amide bonds. The van der Waals surface area contributed by atoms with E-state index in [1.165, 1.54) is 44.2 Å². The van der Waals surface area contributed by atoms with E-state index in [1.807, 2.05) is 0 Å². The average Bonchev–Trinajstić information content (AvgIpc) is 2.53. The molecule has 0 aromatic heterocycles. The van der Waals surface area contributed by atoms with E-state index in [9.17, 15) is 13.2 Å². The molecular formula is C16H25N3O3S. The number of anilines is 1. The van der Waals surface area contributed by atoms with Gasteiger partial charge in [0.2, 0.25) is 15.9 Å². The lowest BCUT2D eigenvalue weighted by atomic mass is 9.94. The Bertz CT molecular complexity index is 622. The van der Waals surface area contributed by atoms with Gasteiger partial charge in [-0.2, -0.15) is 0 Å². The zero-order valence-electron chi connectivity index (χ0n) is 13.5. The Morgan fingerprint density at radius 3 is 2.39 bits per heavy atom. The van der Waals surface area contributed by atoms with Gasteiger partial charge < -0.3 is 10.2 Å². The van der Waals surface area contributed by atoms with Crippen LogP contribution in [0.5, 0.6) is 0 Å². The number of hydrogen-bond acceptors (Lipinski definition) is 4. The smallest absolute Gasteiger partial charge is 0.238 e. The van der Waals surface area contributed by atoms with Crippen molar-refractivity contribution in [3.8, 4) is 0 Å². The van der Waals surface area contributed by atoms with Crippen molar-refractivity contribution in [3.63, 3.8) is 0 Å². The zero-order chi connectivity index (χ0) is 16.9. The van der Waals surface area contributed by atoms with Gasteiger partial charge in [-0.3, -0.25) is 4.79 Å². The van der Waals surface area contributed by atoms with Crippen LogP contribution in [0.1, 0.15) is 38.5 Å². The first-order valence-corrected chi connectivity index (χ1v) is 9.54. The standard InChI is InChI=1S/C16H25N3O3S/c1-19(14-5-3-2-4-6-14)12-11-16(20)18-13-7-9-15(10-8-13)23(17,21)22/h7-10,14H,2-6,11-12H2,1H3,(H,18,20)(H2,17,21,22). The van der Waals surface area contributed by atoms with Crippen molar-refractivity contribution >= 4 is 21.6 Å².